The van der Waals surface area contributed by atoms with Crippen molar-refractivity contribution in [1.29, 1.82) is 0 Å². The van der Waals surface area contributed by atoms with Crippen molar-refractivity contribution >= 4 is 34.7 Å². The van der Waals surface area contributed by atoms with Gasteiger partial charge in [0.25, 0.3) is 5.56 Å². The normalized spacial score (nSPS) is 11.3. The van der Waals surface area contributed by atoms with Crippen LogP contribution in [0.4, 0.5) is 0 Å². The number of rotatable bonds is 3. The first-order chi connectivity index (χ1) is 13.1. The number of halogens is 1. The molecule has 0 aliphatic heterocycles. The van der Waals surface area contributed by atoms with E-state index in [9.17, 15) is 4.79 Å². The van der Waals surface area contributed by atoms with Gasteiger partial charge in [-0.3, -0.25) is 9.36 Å². The topological polar surface area (TPSA) is 34.9 Å². The van der Waals surface area contributed by atoms with Crippen molar-refractivity contribution in [2.75, 3.05) is 0 Å². The van der Waals surface area contributed by atoms with Crippen molar-refractivity contribution < 1.29 is 0 Å². The van der Waals surface area contributed by atoms with Crippen molar-refractivity contribution in [1.82, 2.24) is 9.55 Å². The molecule has 132 valence electrons. The SMILES string of the molecule is Cc1ccc(-n2c(/C=C\c3ccc(Cl)cc3)nc3ccccc3c2=O)cc1. The van der Waals surface area contributed by atoms with Crippen LogP contribution in [0, 0.1) is 6.92 Å². The molecule has 0 unspecified atom stereocenters. The standard InChI is InChI=1S/C23H17ClN2O/c1-16-6-13-19(14-7-16)26-22(15-10-17-8-11-18(24)12-9-17)25-21-5-3-2-4-20(21)23(26)27/h2-15H,1H3/b15-10-. The highest BCUT2D eigenvalue weighted by Crippen LogP contribution is 2.17. The van der Waals surface area contributed by atoms with Gasteiger partial charge < -0.3 is 0 Å². The fraction of sp³-hybridized carbons (Fsp3) is 0.0435. The fourth-order valence-electron chi connectivity index (χ4n) is 2.95. The summed E-state index contributed by atoms with van der Waals surface area (Å²) in [4.78, 5) is 17.9. The molecule has 0 fully saturated rings. The minimum absolute atomic E-state index is 0.0831. The van der Waals surface area contributed by atoms with Crippen LogP contribution in [0.15, 0.2) is 77.6 Å². The first-order valence-corrected chi connectivity index (χ1v) is 9.02. The third-order valence-electron chi connectivity index (χ3n) is 4.39. The molecule has 0 radical (unpaired) electrons. The van der Waals surface area contributed by atoms with E-state index in [0.29, 0.717) is 21.7 Å². The Kier molecular flexibility index (Phi) is 4.61. The summed E-state index contributed by atoms with van der Waals surface area (Å²) in [5.74, 6) is 0.581. The van der Waals surface area contributed by atoms with Crippen LogP contribution < -0.4 is 5.56 Å². The Balaban J connectivity index is 1.92. The molecule has 4 rings (SSSR count). The molecule has 4 heteroatoms. The molecule has 4 aromatic rings. The Morgan fingerprint density at radius 2 is 1.59 bits per heavy atom. The van der Waals surface area contributed by atoms with Crippen LogP contribution in [-0.2, 0) is 0 Å². The molecule has 0 N–H and O–H groups in total. The lowest BCUT2D eigenvalue weighted by molar-refractivity contribution is 0.943. The minimum Gasteiger partial charge on any atom is -0.268 e. The average molecular weight is 373 g/mol. The van der Waals surface area contributed by atoms with Crippen LogP contribution in [0.25, 0.3) is 28.7 Å². The van der Waals surface area contributed by atoms with Gasteiger partial charge in [-0.05, 0) is 55.0 Å². The highest BCUT2D eigenvalue weighted by atomic mass is 35.5. The number of hydrogen-bond donors (Lipinski definition) is 0. The van der Waals surface area contributed by atoms with Gasteiger partial charge in [0, 0.05) is 5.02 Å². The highest BCUT2D eigenvalue weighted by molar-refractivity contribution is 6.30. The number of para-hydroxylation sites is 1. The molecule has 0 aliphatic rings. The van der Waals surface area contributed by atoms with E-state index in [1.165, 1.54) is 0 Å². The van der Waals surface area contributed by atoms with E-state index in [-0.39, 0.29) is 5.56 Å². The maximum atomic E-state index is 13.2. The third kappa shape index (κ3) is 3.55. The third-order valence-corrected chi connectivity index (χ3v) is 4.64. The zero-order valence-corrected chi connectivity index (χ0v) is 15.5. The van der Waals surface area contributed by atoms with Crippen molar-refractivity contribution in [3.8, 4) is 5.69 Å². The first kappa shape index (κ1) is 17.3. The molecule has 27 heavy (non-hydrogen) atoms. The molecule has 0 saturated carbocycles. The largest absolute Gasteiger partial charge is 0.268 e. The van der Waals surface area contributed by atoms with Gasteiger partial charge in [0.05, 0.1) is 16.6 Å². The predicted octanol–water partition coefficient (Wildman–Crippen LogP) is 5.52. The number of fused-ring (bicyclic) bond motifs is 1. The van der Waals surface area contributed by atoms with Gasteiger partial charge in [0.15, 0.2) is 0 Å². The van der Waals surface area contributed by atoms with E-state index in [1.807, 2.05) is 91.9 Å². The predicted molar refractivity (Wildman–Crippen MR) is 112 cm³/mol. The van der Waals surface area contributed by atoms with E-state index in [4.69, 9.17) is 16.6 Å². The summed E-state index contributed by atoms with van der Waals surface area (Å²) < 4.78 is 1.65. The molecule has 0 aliphatic carbocycles. The first-order valence-electron chi connectivity index (χ1n) is 8.64. The number of aromatic nitrogens is 2. The molecule has 0 atom stereocenters. The van der Waals surface area contributed by atoms with Gasteiger partial charge in [-0.25, -0.2) is 4.98 Å². The smallest absolute Gasteiger partial charge is 0.266 e. The van der Waals surface area contributed by atoms with Gasteiger partial charge in [-0.2, -0.15) is 0 Å². The van der Waals surface area contributed by atoms with Crippen LogP contribution >= 0.6 is 11.6 Å². The maximum absolute atomic E-state index is 13.2. The van der Waals surface area contributed by atoms with E-state index in [2.05, 4.69) is 0 Å². The lowest BCUT2D eigenvalue weighted by atomic mass is 10.2. The van der Waals surface area contributed by atoms with E-state index in [0.717, 1.165) is 16.8 Å². The molecule has 3 nitrogen and oxygen atoms in total. The molecular formula is C23H17ClN2O. The summed E-state index contributed by atoms with van der Waals surface area (Å²) in [6, 6.07) is 22.8. The highest BCUT2D eigenvalue weighted by Gasteiger charge is 2.10. The summed E-state index contributed by atoms with van der Waals surface area (Å²) in [6.07, 6.45) is 3.79. The molecule has 3 aromatic carbocycles. The van der Waals surface area contributed by atoms with Gasteiger partial charge in [0.1, 0.15) is 5.82 Å². The Labute approximate surface area is 162 Å². The minimum atomic E-state index is -0.0831. The van der Waals surface area contributed by atoms with Gasteiger partial charge in [0.2, 0.25) is 0 Å². The van der Waals surface area contributed by atoms with Crippen LogP contribution in [-0.4, -0.2) is 9.55 Å². The van der Waals surface area contributed by atoms with Crippen LogP contribution in [0.2, 0.25) is 5.02 Å². The molecule has 1 aromatic heterocycles. The lowest BCUT2D eigenvalue weighted by Crippen LogP contribution is -2.22. The zero-order valence-electron chi connectivity index (χ0n) is 14.8. The van der Waals surface area contributed by atoms with Gasteiger partial charge in [-0.15, -0.1) is 0 Å². The molecular weight excluding hydrogens is 356 g/mol. The van der Waals surface area contributed by atoms with Crippen LogP contribution in [0.5, 0.6) is 0 Å². The quantitative estimate of drug-likeness (QED) is 0.474. The fourth-order valence-corrected chi connectivity index (χ4v) is 3.08. The number of nitrogens with zero attached hydrogens (tertiary/aromatic N) is 2. The Hall–Kier alpha value is -3.17. The van der Waals surface area contributed by atoms with Crippen molar-refractivity contribution in [2.24, 2.45) is 0 Å². The molecule has 0 bridgehead atoms. The van der Waals surface area contributed by atoms with Crippen molar-refractivity contribution in [3.05, 3.63) is 105 Å². The summed E-state index contributed by atoms with van der Waals surface area (Å²) in [6.45, 7) is 2.02. The lowest BCUT2D eigenvalue weighted by Gasteiger charge is -2.11. The monoisotopic (exact) mass is 372 g/mol. The average Bonchev–Trinajstić information content (AvgIpc) is 2.69. The summed E-state index contributed by atoms with van der Waals surface area (Å²) in [7, 11) is 0. The second-order valence-electron chi connectivity index (χ2n) is 6.35. The molecule has 1 heterocycles. The maximum Gasteiger partial charge on any atom is 0.266 e. The Morgan fingerprint density at radius 3 is 2.33 bits per heavy atom. The van der Waals surface area contributed by atoms with Crippen LogP contribution in [0.3, 0.4) is 0 Å². The van der Waals surface area contributed by atoms with E-state index < -0.39 is 0 Å². The summed E-state index contributed by atoms with van der Waals surface area (Å²) >= 11 is 5.95. The Bertz CT molecular complexity index is 1190. The zero-order chi connectivity index (χ0) is 18.8. The Morgan fingerprint density at radius 1 is 0.889 bits per heavy atom. The van der Waals surface area contributed by atoms with Gasteiger partial charge in [-0.1, -0.05) is 59.6 Å². The molecule has 0 saturated heterocycles. The van der Waals surface area contributed by atoms with Crippen LogP contribution in [0.1, 0.15) is 17.0 Å². The van der Waals surface area contributed by atoms with Gasteiger partial charge >= 0.3 is 0 Å². The van der Waals surface area contributed by atoms with E-state index >= 15 is 0 Å². The van der Waals surface area contributed by atoms with E-state index in [1.54, 1.807) is 4.57 Å². The van der Waals surface area contributed by atoms with Crippen molar-refractivity contribution in [2.45, 2.75) is 6.92 Å². The molecule has 0 spiro atoms. The second-order valence-corrected chi connectivity index (χ2v) is 6.78. The summed E-state index contributed by atoms with van der Waals surface area (Å²) in [5, 5.41) is 1.29. The molecule has 0 amide bonds. The number of aryl methyl sites for hydroxylation is 1. The summed E-state index contributed by atoms with van der Waals surface area (Å²) in [5.41, 5.74) is 3.51. The second kappa shape index (κ2) is 7.22. The number of hydrogen-bond acceptors (Lipinski definition) is 2. The number of benzene rings is 3. The van der Waals surface area contributed by atoms with Crippen molar-refractivity contribution in [3.63, 3.8) is 0 Å².